The molecule has 1 aliphatic rings. The van der Waals surface area contributed by atoms with Crippen molar-refractivity contribution in [2.24, 2.45) is 0 Å². The average Bonchev–Trinajstić information content (AvgIpc) is 3.30. The average molecular weight is 532 g/mol. The minimum Gasteiger partial charge on any atom is -0.444 e. The Morgan fingerprint density at radius 1 is 1.14 bits per heavy atom. The summed E-state index contributed by atoms with van der Waals surface area (Å²) in [6.07, 6.45) is -0.578. The molecule has 2 heterocycles. The van der Waals surface area contributed by atoms with Crippen molar-refractivity contribution in [3.8, 4) is 17.5 Å². The van der Waals surface area contributed by atoms with Crippen LogP contribution in [-0.4, -0.2) is 79.5 Å². The molecular weight excluding hydrogens is 490 g/mol. The van der Waals surface area contributed by atoms with Gasteiger partial charge in [0, 0.05) is 20.7 Å². The van der Waals surface area contributed by atoms with Crippen molar-refractivity contribution in [2.45, 2.75) is 90.9 Å². The van der Waals surface area contributed by atoms with E-state index in [0.717, 1.165) is 0 Å². The summed E-state index contributed by atoms with van der Waals surface area (Å²) in [5, 5.41) is 14.8. The van der Waals surface area contributed by atoms with Crippen molar-refractivity contribution in [3.63, 3.8) is 0 Å². The predicted octanol–water partition coefficient (Wildman–Crippen LogP) is 4.55. The fourth-order valence-electron chi connectivity index (χ4n) is 3.82. The predicted molar refractivity (Wildman–Crippen MR) is 144 cm³/mol. The number of ether oxygens (including phenoxy) is 3. The molecule has 2 atom stereocenters. The highest BCUT2D eigenvalue weighted by Crippen LogP contribution is 2.35. The first-order chi connectivity index (χ1) is 16.9. The van der Waals surface area contributed by atoms with Gasteiger partial charge in [0.05, 0.1) is 18.7 Å². The largest absolute Gasteiger partial charge is 0.444 e. The maximum atomic E-state index is 13.0. The van der Waals surface area contributed by atoms with Gasteiger partial charge in [-0.25, -0.2) is 14.3 Å². The number of anilines is 1. The van der Waals surface area contributed by atoms with Gasteiger partial charge in [-0.3, -0.25) is 4.90 Å². The van der Waals surface area contributed by atoms with Gasteiger partial charge in [0.25, 0.3) is 0 Å². The summed E-state index contributed by atoms with van der Waals surface area (Å²) in [5.41, 5.74) is 2.36. The third-order valence-corrected chi connectivity index (χ3v) is 6.14. The lowest BCUT2D eigenvalue weighted by Gasteiger charge is -2.28. The first kappa shape index (κ1) is 30.2. The van der Waals surface area contributed by atoms with Crippen molar-refractivity contribution in [1.82, 2.24) is 14.7 Å². The Kier molecular flexibility index (Phi) is 9.11. The van der Waals surface area contributed by atoms with E-state index in [2.05, 4.69) is 37.2 Å². The molecule has 37 heavy (non-hydrogen) atoms. The Labute approximate surface area is 221 Å². The third kappa shape index (κ3) is 8.24. The maximum absolute atomic E-state index is 13.0. The van der Waals surface area contributed by atoms with Crippen LogP contribution >= 0.6 is 0 Å². The van der Waals surface area contributed by atoms with E-state index < -0.39 is 31.5 Å². The van der Waals surface area contributed by atoms with Gasteiger partial charge in [-0.05, 0) is 48.0 Å². The van der Waals surface area contributed by atoms with Crippen LogP contribution in [0.3, 0.4) is 0 Å². The molecule has 0 aromatic carbocycles. The molecule has 1 aromatic rings. The lowest BCUT2D eigenvalue weighted by atomic mass is 10.1. The fourth-order valence-corrected chi connectivity index (χ4v) is 4.31. The number of methoxy groups -OCH3 is 1. The maximum Gasteiger partial charge on any atom is 0.415 e. The molecule has 0 spiro atoms. The zero-order chi connectivity index (χ0) is 28.3. The van der Waals surface area contributed by atoms with Crippen molar-refractivity contribution in [2.75, 3.05) is 32.2 Å². The summed E-state index contributed by atoms with van der Waals surface area (Å²) in [7, 11) is 1.35. The van der Waals surface area contributed by atoms with Crippen molar-refractivity contribution in [1.29, 1.82) is 5.26 Å². The van der Waals surface area contributed by atoms with Gasteiger partial charge in [-0.15, -0.1) is 5.54 Å². The number of carbonyl (C=O) groups is 2. The lowest BCUT2D eigenvalue weighted by Crippen LogP contribution is -2.41. The molecule has 0 radical (unpaired) electrons. The number of aromatic nitrogens is 2. The third-order valence-electron chi connectivity index (χ3n) is 5.26. The summed E-state index contributed by atoms with van der Waals surface area (Å²) in [4.78, 5) is 29.0. The summed E-state index contributed by atoms with van der Waals surface area (Å²) >= 11 is 0. The molecule has 2 amide bonds. The molecule has 11 heteroatoms. The Hall–Kier alpha value is -3.02. The SMILES string of the molecule is COC[C@H]1C[C@H](n2nc(C#C[Si](C)(C)C)c(C#N)c2N(C)C(=O)OC(C)(C)C)CN1C(=O)OC(C)(C)C. The molecule has 1 aromatic heterocycles. The second kappa shape index (κ2) is 11.2. The van der Waals surface area contributed by atoms with Gasteiger partial charge in [0.15, 0.2) is 11.5 Å². The Balaban J connectivity index is 2.61. The van der Waals surface area contributed by atoms with Crippen molar-refractivity contribution < 1.29 is 23.8 Å². The van der Waals surface area contributed by atoms with Crippen LogP contribution in [0.4, 0.5) is 15.4 Å². The molecule has 1 aliphatic heterocycles. The molecule has 2 rings (SSSR count). The molecule has 0 bridgehead atoms. The number of amides is 2. The molecule has 0 aliphatic carbocycles. The minimum atomic E-state index is -1.78. The molecule has 204 valence electrons. The topological polar surface area (TPSA) is 110 Å². The second-order valence-electron chi connectivity index (χ2n) is 12.3. The van der Waals surface area contributed by atoms with Gasteiger partial charge in [-0.2, -0.15) is 10.4 Å². The van der Waals surface area contributed by atoms with E-state index in [1.807, 2.05) is 20.8 Å². The van der Waals surface area contributed by atoms with E-state index in [1.165, 1.54) is 4.90 Å². The monoisotopic (exact) mass is 531 g/mol. The van der Waals surface area contributed by atoms with E-state index in [4.69, 9.17) is 19.3 Å². The van der Waals surface area contributed by atoms with Gasteiger partial charge < -0.3 is 19.1 Å². The van der Waals surface area contributed by atoms with Crippen LogP contribution in [0.25, 0.3) is 0 Å². The van der Waals surface area contributed by atoms with Crippen LogP contribution in [0, 0.1) is 22.8 Å². The number of carbonyl (C=O) groups excluding carboxylic acids is 2. The molecular formula is C26H41N5O5Si. The van der Waals surface area contributed by atoms with Crippen LogP contribution in [0.5, 0.6) is 0 Å². The highest BCUT2D eigenvalue weighted by atomic mass is 28.3. The smallest absolute Gasteiger partial charge is 0.415 e. The van der Waals surface area contributed by atoms with Gasteiger partial charge in [0.2, 0.25) is 0 Å². The number of hydrogen-bond acceptors (Lipinski definition) is 7. The Morgan fingerprint density at radius 2 is 1.73 bits per heavy atom. The number of likely N-dealkylation sites (tertiary alicyclic amines) is 1. The molecule has 1 saturated heterocycles. The summed E-state index contributed by atoms with van der Waals surface area (Å²) in [5.74, 6) is 3.36. The molecule has 0 N–H and O–H groups in total. The van der Waals surface area contributed by atoms with Crippen LogP contribution < -0.4 is 4.90 Å². The molecule has 0 unspecified atom stereocenters. The lowest BCUT2D eigenvalue weighted by molar-refractivity contribution is 0.0145. The number of rotatable bonds is 4. The number of nitrogens with zero attached hydrogens (tertiary/aromatic N) is 5. The van der Waals surface area contributed by atoms with Crippen molar-refractivity contribution >= 4 is 26.1 Å². The van der Waals surface area contributed by atoms with Crippen LogP contribution in [0.1, 0.15) is 65.3 Å². The summed E-state index contributed by atoms with van der Waals surface area (Å²) < 4.78 is 18.2. The normalized spacial score (nSPS) is 18.1. The van der Waals surface area contributed by atoms with Gasteiger partial charge in [-0.1, -0.05) is 25.6 Å². The zero-order valence-electron chi connectivity index (χ0n) is 24.1. The Morgan fingerprint density at radius 3 is 2.22 bits per heavy atom. The molecule has 1 fully saturated rings. The van der Waals surface area contributed by atoms with Crippen LogP contribution in [0.15, 0.2) is 0 Å². The summed E-state index contributed by atoms with van der Waals surface area (Å²) in [6.45, 7) is 17.6. The fraction of sp³-hybridized carbons (Fsp3) is 0.692. The van der Waals surface area contributed by atoms with Crippen LogP contribution in [0.2, 0.25) is 19.6 Å². The molecule has 0 saturated carbocycles. The van der Waals surface area contributed by atoms with E-state index in [-0.39, 0.29) is 30.0 Å². The Bertz CT molecular complexity index is 1110. The minimum absolute atomic E-state index is 0.193. The van der Waals surface area contributed by atoms with Gasteiger partial charge >= 0.3 is 12.2 Å². The first-order valence-electron chi connectivity index (χ1n) is 12.4. The van der Waals surface area contributed by atoms with E-state index >= 15 is 0 Å². The highest BCUT2D eigenvalue weighted by Gasteiger charge is 2.41. The highest BCUT2D eigenvalue weighted by molar-refractivity contribution is 6.83. The first-order valence-corrected chi connectivity index (χ1v) is 15.9. The summed E-state index contributed by atoms with van der Waals surface area (Å²) in [6, 6.07) is 1.58. The standard InChI is InChI=1S/C26H41N5O5Si/c1-25(2,3)35-23(32)29(7)22-20(15-27)21(12-13-37(9,10)11)28-31(22)18-14-19(17-34-8)30(16-18)24(33)36-26(4,5)6/h18-19H,14,16-17H2,1-11H3/t18-,19+/m0/s1. The van der Waals surface area contributed by atoms with E-state index in [1.54, 1.807) is 44.5 Å². The number of nitriles is 1. The van der Waals surface area contributed by atoms with Crippen molar-refractivity contribution in [3.05, 3.63) is 11.3 Å². The van der Waals surface area contributed by atoms with E-state index in [9.17, 15) is 14.9 Å². The second-order valence-corrected chi connectivity index (χ2v) is 17.0. The number of hydrogen-bond donors (Lipinski definition) is 0. The van der Waals surface area contributed by atoms with Crippen LogP contribution in [-0.2, 0) is 14.2 Å². The van der Waals surface area contributed by atoms with E-state index in [0.29, 0.717) is 18.7 Å². The quantitative estimate of drug-likeness (QED) is 0.414. The molecule has 10 nitrogen and oxygen atoms in total. The zero-order valence-corrected chi connectivity index (χ0v) is 25.1. The van der Waals surface area contributed by atoms with Gasteiger partial charge in [0.1, 0.15) is 30.9 Å².